The first-order chi connectivity index (χ1) is 27.7. The van der Waals surface area contributed by atoms with E-state index >= 15 is 0 Å². The van der Waals surface area contributed by atoms with Crippen molar-refractivity contribution in [3.63, 3.8) is 0 Å². The highest BCUT2D eigenvalue weighted by atomic mass is 35.5. The molecule has 0 radical (unpaired) electrons. The molecule has 0 atom stereocenters. The Labute approximate surface area is 328 Å². The maximum atomic E-state index is 13.9. The molecule has 6 heterocycles. The largest absolute Gasteiger partial charge is 0.495 e. The van der Waals surface area contributed by atoms with Crippen molar-refractivity contribution in [3.05, 3.63) is 132 Å². The number of anilines is 4. The zero-order chi connectivity index (χ0) is 41.2. The number of imidazole rings is 2. The molecule has 8 rings (SSSR count). The SMILES string of the molecule is COc1ccc(Nc2ccnc(-c3c(C(F)(F)F)nc4ccccn34)n2)cc1Cl.COc1ccc(Nc2ccnc(-c3c(C(F)(F)F)nc4ccccn34)n2)cc1F. The highest BCUT2D eigenvalue weighted by molar-refractivity contribution is 6.32. The van der Waals surface area contributed by atoms with Crippen LogP contribution in [0.3, 0.4) is 0 Å². The predicted octanol–water partition coefficient (Wildman–Crippen LogP) is 9.92. The van der Waals surface area contributed by atoms with Crippen LogP contribution in [0.5, 0.6) is 11.5 Å². The van der Waals surface area contributed by atoms with Crippen LogP contribution in [0.2, 0.25) is 5.02 Å². The van der Waals surface area contributed by atoms with Crippen LogP contribution in [0.15, 0.2) is 110 Å². The van der Waals surface area contributed by atoms with Gasteiger partial charge in [0, 0.05) is 42.2 Å². The van der Waals surface area contributed by atoms with Crippen molar-refractivity contribution in [2.45, 2.75) is 12.4 Å². The van der Waals surface area contributed by atoms with Crippen LogP contribution in [-0.4, -0.2) is 52.9 Å². The summed E-state index contributed by atoms with van der Waals surface area (Å²) in [6.07, 6.45) is -3.72. The Balaban J connectivity index is 0.000000177. The monoisotopic (exact) mass is 822 g/mol. The number of hydrogen-bond donors (Lipinski definition) is 2. The molecule has 296 valence electrons. The van der Waals surface area contributed by atoms with Crippen LogP contribution >= 0.6 is 11.6 Å². The Bertz CT molecular complexity index is 2570. The third kappa shape index (κ3) is 8.24. The number of ether oxygens (including phenoxy) is 2. The molecule has 0 aliphatic rings. The van der Waals surface area contributed by atoms with Crippen molar-refractivity contribution in [2.24, 2.45) is 0 Å². The number of alkyl halides is 6. The lowest BCUT2D eigenvalue weighted by molar-refractivity contribution is -0.141. The Morgan fingerprint density at radius 1 is 0.586 bits per heavy atom. The van der Waals surface area contributed by atoms with E-state index in [4.69, 9.17) is 21.1 Å². The van der Waals surface area contributed by atoms with Crippen LogP contribution in [0, 0.1) is 5.82 Å². The van der Waals surface area contributed by atoms with E-state index in [9.17, 15) is 30.7 Å². The lowest BCUT2D eigenvalue weighted by atomic mass is 10.2. The second-order valence-corrected chi connectivity index (χ2v) is 12.4. The Morgan fingerprint density at radius 2 is 1.05 bits per heavy atom. The van der Waals surface area contributed by atoms with Gasteiger partial charge in [0.2, 0.25) is 0 Å². The third-order valence-electron chi connectivity index (χ3n) is 8.18. The van der Waals surface area contributed by atoms with Gasteiger partial charge in [-0.3, -0.25) is 8.80 Å². The topological polar surface area (TPSA) is 129 Å². The second-order valence-electron chi connectivity index (χ2n) is 12.0. The smallest absolute Gasteiger partial charge is 0.435 e. The van der Waals surface area contributed by atoms with Crippen molar-refractivity contribution in [2.75, 3.05) is 24.9 Å². The molecule has 20 heteroatoms. The van der Waals surface area contributed by atoms with Gasteiger partial charge in [0.25, 0.3) is 0 Å². The number of fused-ring (bicyclic) bond motifs is 2. The van der Waals surface area contributed by atoms with Crippen LogP contribution in [0.1, 0.15) is 11.4 Å². The summed E-state index contributed by atoms with van der Waals surface area (Å²) in [5.74, 6) is 0.193. The Morgan fingerprint density at radius 3 is 1.48 bits per heavy atom. The summed E-state index contributed by atoms with van der Waals surface area (Å²) < 4.78 is 108. The molecule has 2 N–H and O–H groups in total. The Kier molecular flexibility index (Phi) is 10.7. The van der Waals surface area contributed by atoms with Gasteiger partial charge < -0.3 is 20.1 Å². The number of pyridine rings is 2. The van der Waals surface area contributed by atoms with E-state index in [-0.39, 0.29) is 45.9 Å². The molecule has 58 heavy (non-hydrogen) atoms. The molecule has 8 aromatic rings. The minimum absolute atomic E-state index is 0.0690. The number of nitrogens with one attached hydrogen (secondary N) is 2. The molecule has 0 amide bonds. The van der Waals surface area contributed by atoms with E-state index in [2.05, 4.69) is 40.5 Å². The van der Waals surface area contributed by atoms with Gasteiger partial charge in [-0.2, -0.15) is 26.3 Å². The molecule has 0 saturated heterocycles. The van der Waals surface area contributed by atoms with Crippen molar-refractivity contribution in [1.82, 2.24) is 38.7 Å². The van der Waals surface area contributed by atoms with Crippen LogP contribution in [-0.2, 0) is 12.4 Å². The molecule has 0 bridgehead atoms. The summed E-state index contributed by atoms with van der Waals surface area (Å²) in [6.45, 7) is 0. The number of benzene rings is 2. The van der Waals surface area contributed by atoms with Crippen molar-refractivity contribution >= 4 is 45.9 Å². The number of aromatic nitrogens is 8. The van der Waals surface area contributed by atoms with Gasteiger partial charge in [-0.1, -0.05) is 23.7 Å². The van der Waals surface area contributed by atoms with Gasteiger partial charge in [0.1, 0.15) is 40.1 Å². The average Bonchev–Trinajstić information content (AvgIpc) is 3.79. The van der Waals surface area contributed by atoms with Gasteiger partial charge in [0.15, 0.2) is 34.6 Å². The summed E-state index contributed by atoms with van der Waals surface area (Å²) in [7, 11) is 2.84. The molecule has 0 saturated carbocycles. The summed E-state index contributed by atoms with van der Waals surface area (Å²) >= 11 is 6.11. The second kappa shape index (κ2) is 15.8. The van der Waals surface area contributed by atoms with Gasteiger partial charge in [-0.15, -0.1) is 0 Å². The molecule has 0 spiro atoms. The molecule has 2 aromatic carbocycles. The maximum Gasteiger partial charge on any atom is 0.435 e. The highest BCUT2D eigenvalue weighted by Crippen LogP contribution is 2.38. The molecule has 0 aliphatic carbocycles. The lowest BCUT2D eigenvalue weighted by Gasteiger charge is -2.10. The minimum Gasteiger partial charge on any atom is -0.495 e. The van der Waals surface area contributed by atoms with Gasteiger partial charge in [-0.25, -0.2) is 34.3 Å². The van der Waals surface area contributed by atoms with Crippen LogP contribution in [0.25, 0.3) is 34.3 Å². The summed E-state index contributed by atoms with van der Waals surface area (Å²) in [5, 5.41) is 6.23. The Hall–Kier alpha value is -7.02. The fraction of sp³-hybridized carbons (Fsp3) is 0.105. The summed E-state index contributed by atoms with van der Waals surface area (Å²) in [4.78, 5) is 23.8. The third-order valence-corrected chi connectivity index (χ3v) is 8.48. The number of halogens is 8. The quantitative estimate of drug-likeness (QED) is 0.143. The predicted molar refractivity (Wildman–Crippen MR) is 200 cm³/mol. The normalized spacial score (nSPS) is 11.6. The van der Waals surface area contributed by atoms with Gasteiger partial charge in [0.05, 0.1) is 19.2 Å². The zero-order valence-corrected chi connectivity index (χ0v) is 30.6. The average molecular weight is 823 g/mol. The number of methoxy groups -OCH3 is 2. The van der Waals surface area contributed by atoms with E-state index in [0.717, 1.165) is 0 Å². The minimum atomic E-state index is -4.69. The zero-order valence-electron chi connectivity index (χ0n) is 29.8. The van der Waals surface area contributed by atoms with Crippen LogP contribution < -0.4 is 20.1 Å². The molecule has 6 aromatic heterocycles. The van der Waals surface area contributed by atoms with Crippen LogP contribution in [0.4, 0.5) is 53.7 Å². The molecule has 0 aliphatic heterocycles. The molecule has 12 nitrogen and oxygen atoms in total. The number of hydrogen-bond acceptors (Lipinski definition) is 10. The van der Waals surface area contributed by atoms with Crippen molar-refractivity contribution in [1.29, 1.82) is 0 Å². The number of rotatable bonds is 8. The number of nitrogens with zero attached hydrogens (tertiary/aromatic N) is 8. The van der Waals surface area contributed by atoms with E-state index in [1.165, 1.54) is 84.2 Å². The molecular formula is C38H26ClF7N10O2. The van der Waals surface area contributed by atoms with E-state index in [1.54, 1.807) is 48.5 Å². The molecule has 0 fully saturated rings. The summed E-state index contributed by atoms with van der Waals surface area (Å²) in [6, 6.07) is 21.5. The fourth-order valence-corrected chi connectivity index (χ4v) is 5.94. The first-order valence-electron chi connectivity index (χ1n) is 16.7. The highest BCUT2D eigenvalue weighted by Gasteiger charge is 2.40. The molecule has 0 unspecified atom stereocenters. The van der Waals surface area contributed by atoms with Gasteiger partial charge >= 0.3 is 12.4 Å². The lowest BCUT2D eigenvalue weighted by Crippen LogP contribution is -2.09. The van der Waals surface area contributed by atoms with E-state index in [0.29, 0.717) is 28.0 Å². The molecular weight excluding hydrogens is 797 g/mol. The van der Waals surface area contributed by atoms with Crippen molar-refractivity contribution < 1.29 is 40.2 Å². The standard InChI is InChI=1S/C19H13ClF3N5O.C19H13F4N5O/c2*1-29-13-6-5-11(10-12(13)20)25-14-7-8-24-18(26-14)16-17(19(21,22)23)27-15-4-2-3-9-28(15)16/h2*2-10H,1H3,(H,24,25,26). The van der Waals surface area contributed by atoms with E-state index in [1.807, 2.05) is 0 Å². The summed E-state index contributed by atoms with van der Waals surface area (Å²) in [5.41, 5.74) is -1.43. The first-order valence-corrected chi connectivity index (χ1v) is 17.1. The first kappa shape index (κ1) is 39.2. The van der Waals surface area contributed by atoms with Gasteiger partial charge in [-0.05, 0) is 66.7 Å². The fourth-order valence-electron chi connectivity index (χ4n) is 5.68. The van der Waals surface area contributed by atoms with E-state index < -0.39 is 29.6 Å². The van der Waals surface area contributed by atoms with Crippen molar-refractivity contribution in [3.8, 4) is 34.5 Å². The maximum absolute atomic E-state index is 13.9.